The fourth-order valence-electron chi connectivity index (χ4n) is 2.45. The zero-order valence-electron chi connectivity index (χ0n) is 10.2. The predicted molar refractivity (Wildman–Crippen MR) is 67.4 cm³/mol. The Morgan fingerprint density at radius 3 is 2.89 bits per heavy atom. The number of anilines is 1. The van der Waals surface area contributed by atoms with Crippen molar-refractivity contribution in [2.45, 2.75) is 13.0 Å². The Balaban J connectivity index is 2.24. The van der Waals surface area contributed by atoms with E-state index >= 15 is 0 Å². The molecule has 0 saturated heterocycles. The molecule has 1 amide bonds. The molecule has 0 saturated carbocycles. The molecule has 0 spiro atoms. The molecule has 4 nitrogen and oxygen atoms in total. The molecule has 0 bridgehead atoms. The number of ether oxygens (including phenoxy) is 1. The van der Waals surface area contributed by atoms with Crippen LogP contribution in [-0.2, 0) is 4.74 Å². The van der Waals surface area contributed by atoms with Gasteiger partial charge in [0.05, 0.1) is 25.1 Å². The second kappa shape index (κ2) is 3.91. The van der Waals surface area contributed by atoms with Crippen LogP contribution < -0.4 is 4.90 Å². The number of hydrogen-bond acceptors (Lipinski definition) is 3. The molecule has 0 fully saturated rings. The molecule has 1 aliphatic rings. The average Bonchev–Trinajstić information content (AvgIpc) is 2.88. The first kappa shape index (κ1) is 10.9. The summed E-state index contributed by atoms with van der Waals surface area (Å²) in [4.78, 5) is 13.6. The molecule has 1 aliphatic heterocycles. The second-order valence-corrected chi connectivity index (χ2v) is 4.24. The molecular formula is C14H13NO3. The van der Waals surface area contributed by atoms with Gasteiger partial charge in [0.1, 0.15) is 5.76 Å². The predicted octanol–water partition coefficient (Wildman–Crippen LogP) is 3.59. The Morgan fingerprint density at radius 1 is 1.33 bits per heavy atom. The van der Waals surface area contributed by atoms with Crippen molar-refractivity contribution in [1.29, 1.82) is 0 Å². The van der Waals surface area contributed by atoms with Crippen LogP contribution in [-0.4, -0.2) is 13.2 Å². The summed E-state index contributed by atoms with van der Waals surface area (Å²) in [5.41, 5.74) is 2.74. The zero-order chi connectivity index (χ0) is 12.7. The number of furan rings is 1. The molecule has 2 heterocycles. The largest absolute Gasteiger partial charge is 0.464 e. The molecule has 0 N–H and O–H groups in total. The van der Waals surface area contributed by atoms with Gasteiger partial charge in [-0.05, 0) is 25.1 Å². The van der Waals surface area contributed by atoms with E-state index in [2.05, 4.69) is 0 Å². The minimum atomic E-state index is -0.359. The summed E-state index contributed by atoms with van der Waals surface area (Å²) in [6, 6.07) is 9.46. The molecule has 0 radical (unpaired) electrons. The van der Waals surface area contributed by atoms with Crippen molar-refractivity contribution >= 4 is 11.8 Å². The van der Waals surface area contributed by atoms with E-state index in [9.17, 15) is 4.79 Å². The smallest absolute Gasteiger partial charge is 0.414 e. The van der Waals surface area contributed by atoms with E-state index in [1.54, 1.807) is 11.2 Å². The topological polar surface area (TPSA) is 42.7 Å². The van der Waals surface area contributed by atoms with Crippen molar-refractivity contribution in [2.75, 3.05) is 12.0 Å². The molecule has 18 heavy (non-hydrogen) atoms. The number of nitrogens with zero attached hydrogens (tertiary/aromatic N) is 1. The highest BCUT2D eigenvalue weighted by molar-refractivity contribution is 5.96. The van der Waals surface area contributed by atoms with Crippen LogP contribution in [0.5, 0.6) is 0 Å². The van der Waals surface area contributed by atoms with Crippen molar-refractivity contribution in [3.05, 3.63) is 42.2 Å². The van der Waals surface area contributed by atoms with Crippen LogP contribution in [0.4, 0.5) is 10.5 Å². The molecule has 2 aromatic rings. The van der Waals surface area contributed by atoms with E-state index in [0.717, 1.165) is 22.6 Å². The molecule has 4 heteroatoms. The Bertz CT molecular complexity index is 603. The number of hydrogen-bond donors (Lipinski definition) is 0. The van der Waals surface area contributed by atoms with Crippen molar-refractivity contribution in [1.82, 2.24) is 0 Å². The minimum Gasteiger partial charge on any atom is -0.464 e. The maximum atomic E-state index is 11.9. The number of rotatable bonds is 0. The maximum Gasteiger partial charge on any atom is 0.414 e. The minimum absolute atomic E-state index is 0.0962. The van der Waals surface area contributed by atoms with E-state index in [0.29, 0.717) is 0 Å². The summed E-state index contributed by atoms with van der Waals surface area (Å²) in [6.45, 7) is 1.96. The van der Waals surface area contributed by atoms with Crippen LogP contribution in [0.2, 0.25) is 0 Å². The highest BCUT2D eigenvalue weighted by atomic mass is 16.5. The molecule has 92 valence electrons. The third-order valence-electron chi connectivity index (χ3n) is 3.31. The summed E-state index contributed by atoms with van der Waals surface area (Å²) in [6.07, 6.45) is 1.29. The zero-order valence-corrected chi connectivity index (χ0v) is 10.2. The van der Waals surface area contributed by atoms with Gasteiger partial charge in [0.15, 0.2) is 0 Å². The number of para-hydroxylation sites is 1. The number of benzene rings is 1. The van der Waals surface area contributed by atoms with Gasteiger partial charge in [-0.25, -0.2) is 4.79 Å². The van der Waals surface area contributed by atoms with Crippen LogP contribution in [0.3, 0.4) is 0 Å². The normalized spacial score (nSPS) is 17.0. The summed E-state index contributed by atoms with van der Waals surface area (Å²) >= 11 is 0. The fraction of sp³-hybridized carbons (Fsp3) is 0.214. The van der Waals surface area contributed by atoms with Gasteiger partial charge >= 0.3 is 6.09 Å². The lowest BCUT2D eigenvalue weighted by Gasteiger charge is -2.33. The van der Waals surface area contributed by atoms with E-state index < -0.39 is 0 Å². The van der Waals surface area contributed by atoms with Crippen molar-refractivity contribution in [3.8, 4) is 11.3 Å². The van der Waals surface area contributed by atoms with Crippen LogP contribution >= 0.6 is 0 Å². The first-order chi connectivity index (χ1) is 8.74. The number of fused-ring (bicyclic) bond motifs is 3. The summed E-state index contributed by atoms with van der Waals surface area (Å²) in [5.74, 6) is 0.832. The standard InChI is InChI=1S/C14H13NO3/c1-9-10-7-8-18-13(10)11-5-3-4-6-12(11)15(9)14(16)17-2/h3-9H,1-2H3. The van der Waals surface area contributed by atoms with Crippen molar-refractivity contribution in [2.24, 2.45) is 0 Å². The first-order valence-corrected chi connectivity index (χ1v) is 5.78. The summed E-state index contributed by atoms with van der Waals surface area (Å²) in [5, 5.41) is 0. The molecular weight excluding hydrogens is 230 g/mol. The van der Waals surface area contributed by atoms with Gasteiger partial charge < -0.3 is 9.15 Å². The molecule has 1 aromatic carbocycles. The average molecular weight is 243 g/mol. The summed E-state index contributed by atoms with van der Waals surface area (Å²) < 4.78 is 10.4. The SMILES string of the molecule is COC(=O)N1c2ccccc2-c2occc2C1C. The fourth-order valence-corrected chi connectivity index (χ4v) is 2.45. The Morgan fingerprint density at radius 2 is 2.11 bits per heavy atom. The molecule has 3 rings (SSSR count). The Hall–Kier alpha value is -2.23. The van der Waals surface area contributed by atoms with Gasteiger partial charge in [-0.3, -0.25) is 4.90 Å². The monoisotopic (exact) mass is 243 g/mol. The second-order valence-electron chi connectivity index (χ2n) is 4.24. The Labute approximate surface area is 105 Å². The van der Waals surface area contributed by atoms with Gasteiger partial charge in [-0.15, -0.1) is 0 Å². The number of amides is 1. The lowest BCUT2D eigenvalue weighted by Crippen LogP contribution is -2.35. The third-order valence-corrected chi connectivity index (χ3v) is 3.31. The quantitative estimate of drug-likeness (QED) is 0.710. The van der Waals surface area contributed by atoms with Gasteiger partial charge in [0.25, 0.3) is 0 Å². The van der Waals surface area contributed by atoms with Crippen LogP contribution in [0.25, 0.3) is 11.3 Å². The molecule has 1 unspecified atom stereocenters. The van der Waals surface area contributed by atoms with E-state index in [1.807, 2.05) is 37.3 Å². The van der Waals surface area contributed by atoms with Gasteiger partial charge in [-0.2, -0.15) is 0 Å². The van der Waals surface area contributed by atoms with Crippen LogP contribution in [0.1, 0.15) is 18.5 Å². The van der Waals surface area contributed by atoms with E-state index in [4.69, 9.17) is 9.15 Å². The highest BCUT2D eigenvalue weighted by Crippen LogP contribution is 2.45. The van der Waals surface area contributed by atoms with Crippen molar-refractivity contribution in [3.63, 3.8) is 0 Å². The lowest BCUT2D eigenvalue weighted by molar-refractivity contribution is 0.176. The lowest BCUT2D eigenvalue weighted by atomic mass is 9.95. The maximum absolute atomic E-state index is 11.9. The van der Waals surface area contributed by atoms with E-state index in [1.165, 1.54) is 7.11 Å². The molecule has 0 aliphatic carbocycles. The van der Waals surface area contributed by atoms with Crippen molar-refractivity contribution < 1.29 is 13.9 Å². The molecule has 1 atom stereocenters. The van der Waals surface area contributed by atoms with Crippen LogP contribution in [0, 0.1) is 0 Å². The number of carbonyl (C=O) groups excluding carboxylic acids is 1. The van der Waals surface area contributed by atoms with E-state index in [-0.39, 0.29) is 12.1 Å². The Kier molecular flexibility index (Phi) is 2.37. The number of methoxy groups -OCH3 is 1. The van der Waals surface area contributed by atoms with Gasteiger partial charge in [0.2, 0.25) is 0 Å². The van der Waals surface area contributed by atoms with Crippen LogP contribution in [0.15, 0.2) is 41.0 Å². The third kappa shape index (κ3) is 1.35. The number of carbonyl (C=O) groups is 1. The highest BCUT2D eigenvalue weighted by Gasteiger charge is 2.34. The van der Waals surface area contributed by atoms with Gasteiger partial charge in [-0.1, -0.05) is 12.1 Å². The molecule has 1 aromatic heterocycles. The first-order valence-electron chi connectivity index (χ1n) is 5.78. The summed E-state index contributed by atoms with van der Waals surface area (Å²) in [7, 11) is 1.39. The van der Waals surface area contributed by atoms with Gasteiger partial charge in [0, 0.05) is 11.1 Å².